The molecule has 0 spiro atoms. The summed E-state index contributed by atoms with van der Waals surface area (Å²) in [6.07, 6.45) is 0.630. The van der Waals surface area contributed by atoms with E-state index in [-0.39, 0.29) is 5.95 Å². The fraction of sp³-hybridized carbons (Fsp3) is 0.412. The van der Waals surface area contributed by atoms with Crippen molar-refractivity contribution in [3.63, 3.8) is 0 Å². The van der Waals surface area contributed by atoms with Crippen molar-refractivity contribution in [3.8, 4) is 11.3 Å². The van der Waals surface area contributed by atoms with Crippen molar-refractivity contribution in [2.24, 2.45) is 5.73 Å². The van der Waals surface area contributed by atoms with E-state index in [0.717, 1.165) is 48.8 Å². The lowest BCUT2D eigenvalue weighted by molar-refractivity contribution is 0.0340. The van der Waals surface area contributed by atoms with Crippen LogP contribution in [0.25, 0.3) is 11.3 Å². The number of hydrogen-bond acceptors (Lipinski definition) is 6. The zero-order chi connectivity index (χ0) is 17.8. The molecular weight excluding hydrogens is 361 g/mol. The molecule has 6 nitrogen and oxygen atoms in total. The zero-order valence-corrected chi connectivity index (χ0v) is 15.4. The van der Waals surface area contributed by atoms with E-state index in [4.69, 9.17) is 39.4 Å². The lowest BCUT2D eigenvalue weighted by atomic mass is 10.0. The standard InChI is InChI=1S/C17H21Cl2N5O/c18-11-1-2-12(14(19)9-11)16-13(10-24-5-7-25-8-6-24)15(3-4-20)22-17(21)23-16/h1-2,9H,3-8,10,20H2,(H2,21,22,23). The Hall–Kier alpha value is -1.44. The largest absolute Gasteiger partial charge is 0.379 e. The molecule has 0 amide bonds. The van der Waals surface area contributed by atoms with E-state index in [0.29, 0.717) is 29.6 Å². The number of rotatable bonds is 5. The molecule has 4 N–H and O–H groups in total. The molecular formula is C17H21Cl2N5O. The fourth-order valence-electron chi connectivity index (χ4n) is 2.95. The zero-order valence-electron chi connectivity index (χ0n) is 13.8. The Labute approximate surface area is 157 Å². The molecule has 2 heterocycles. The number of aromatic nitrogens is 2. The minimum absolute atomic E-state index is 0.218. The topological polar surface area (TPSA) is 90.3 Å². The van der Waals surface area contributed by atoms with Gasteiger partial charge in [-0.05, 0) is 24.7 Å². The molecule has 0 bridgehead atoms. The summed E-state index contributed by atoms with van der Waals surface area (Å²) in [5.74, 6) is 0.218. The van der Waals surface area contributed by atoms with Gasteiger partial charge in [0.15, 0.2) is 0 Å². The summed E-state index contributed by atoms with van der Waals surface area (Å²) in [5.41, 5.74) is 15.1. The van der Waals surface area contributed by atoms with E-state index in [1.54, 1.807) is 12.1 Å². The van der Waals surface area contributed by atoms with E-state index in [1.165, 1.54) is 0 Å². The molecule has 0 unspecified atom stereocenters. The summed E-state index contributed by atoms with van der Waals surface area (Å²) >= 11 is 12.4. The molecule has 1 fully saturated rings. The monoisotopic (exact) mass is 381 g/mol. The van der Waals surface area contributed by atoms with Crippen molar-refractivity contribution >= 4 is 29.2 Å². The molecule has 0 saturated carbocycles. The molecule has 0 aliphatic carbocycles. The van der Waals surface area contributed by atoms with E-state index >= 15 is 0 Å². The van der Waals surface area contributed by atoms with E-state index < -0.39 is 0 Å². The molecule has 0 radical (unpaired) electrons. The summed E-state index contributed by atoms with van der Waals surface area (Å²) in [6, 6.07) is 5.36. The number of halogens is 2. The highest BCUT2D eigenvalue weighted by atomic mass is 35.5. The lowest BCUT2D eigenvalue weighted by Crippen LogP contribution is -2.36. The van der Waals surface area contributed by atoms with Gasteiger partial charge < -0.3 is 16.2 Å². The highest BCUT2D eigenvalue weighted by molar-refractivity contribution is 6.36. The summed E-state index contributed by atoms with van der Waals surface area (Å²) in [4.78, 5) is 11.2. The van der Waals surface area contributed by atoms with Crippen molar-refractivity contribution in [2.75, 3.05) is 38.6 Å². The molecule has 0 atom stereocenters. The average molecular weight is 382 g/mol. The third-order valence-corrected chi connectivity index (χ3v) is 4.71. The summed E-state index contributed by atoms with van der Waals surface area (Å²) in [5, 5.41) is 1.11. The van der Waals surface area contributed by atoms with Crippen molar-refractivity contribution in [1.82, 2.24) is 14.9 Å². The van der Waals surface area contributed by atoms with Gasteiger partial charge in [-0.15, -0.1) is 0 Å². The van der Waals surface area contributed by atoms with Gasteiger partial charge in [-0.1, -0.05) is 23.2 Å². The normalized spacial score (nSPS) is 15.5. The van der Waals surface area contributed by atoms with Crippen molar-refractivity contribution < 1.29 is 4.74 Å². The summed E-state index contributed by atoms with van der Waals surface area (Å²) < 4.78 is 5.43. The molecule has 8 heteroatoms. The van der Waals surface area contributed by atoms with Crippen LogP contribution >= 0.6 is 23.2 Å². The maximum atomic E-state index is 6.42. The molecule has 1 aromatic heterocycles. The number of nitrogens with two attached hydrogens (primary N) is 2. The Balaban J connectivity index is 2.08. The van der Waals surface area contributed by atoms with Crippen LogP contribution in [0.4, 0.5) is 5.95 Å². The Morgan fingerprint density at radius 2 is 1.92 bits per heavy atom. The van der Waals surface area contributed by atoms with Gasteiger partial charge in [-0.2, -0.15) is 0 Å². The molecule has 1 aliphatic rings. The van der Waals surface area contributed by atoms with Crippen molar-refractivity contribution in [3.05, 3.63) is 39.5 Å². The highest BCUT2D eigenvalue weighted by Gasteiger charge is 2.20. The third kappa shape index (κ3) is 4.40. The number of hydrogen-bond donors (Lipinski definition) is 2. The van der Waals surface area contributed by atoms with Crippen LogP contribution in [0, 0.1) is 0 Å². The van der Waals surface area contributed by atoms with Gasteiger partial charge >= 0.3 is 0 Å². The molecule has 1 saturated heterocycles. The predicted molar refractivity (Wildman–Crippen MR) is 101 cm³/mol. The first-order valence-corrected chi connectivity index (χ1v) is 8.95. The minimum Gasteiger partial charge on any atom is -0.379 e. The van der Waals surface area contributed by atoms with Crippen LogP contribution in [0.15, 0.2) is 18.2 Å². The highest BCUT2D eigenvalue weighted by Crippen LogP contribution is 2.33. The number of nitrogens with zero attached hydrogens (tertiary/aromatic N) is 3. The molecule has 134 valence electrons. The summed E-state index contributed by atoms with van der Waals surface area (Å²) in [7, 11) is 0. The van der Waals surface area contributed by atoms with E-state index in [2.05, 4.69) is 14.9 Å². The van der Waals surface area contributed by atoms with Gasteiger partial charge in [0.2, 0.25) is 5.95 Å². The van der Waals surface area contributed by atoms with Crippen LogP contribution < -0.4 is 11.5 Å². The second-order valence-electron chi connectivity index (χ2n) is 5.91. The van der Waals surface area contributed by atoms with Crippen LogP contribution in [0.5, 0.6) is 0 Å². The first kappa shape index (κ1) is 18.4. The Bertz CT molecular complexity index is 750. The summed E-state index contributed by atoms with van der Waals surface area (Å²) in [6.45, 7) is 4.35. The van der Waals surface area contributed by atoms with Gasteiger partial charge in [-0.25, -0.2) is 9.97 Å². The fourth-order valence-corrected chi connectivity index (χ4v) is 3.44. The average Bonchev–Trinajstić information content (AvgIpc) is 2.58. The third-order valence-electron chi connectivity index (χ3n) is 4.16. The smallest absolute Gasteiger partial charge is 0.220 e. The minimum atomic E-state index is 0.218. The molecule has 25 heavy (non-hydrogen) atoms. The maximum Gasteiger partial charge on any atom is 0.220 e. The van der Waals surface area contributed by atoms with Gasteiger partial charge in [0, 0.05) is 42.2 Å². The lowest BCUT2D eigenvalue weighted by Gasteiger charge is -2.28. The van der Waals surface area contributed by atoms with Gasteiger partial charge in [0.25, 0.3) is 0 Å². The van der Waals surface area contributed by atoms with E-state index in [9.17, 15) is 0 Å². The maximum absolute atomic E-state index is 6.42. The van der Waals surface area contributed by atoms with Crippen LogP contribution in [-0.2, 0) is 17.7 Å². The SMILES string of the molecule is NCCc1nc(N)nc(-c2ccc(Cl)cc2Cl)c1CN1CCOCC1. The number of morpholine rings is 1. The molecule has 1 aliphatic heterocycles. The van der Waals surface area contributed by atoms with Crippen molar-refractivity contribution in [1.29, 1.82) is 0 Å². The number of ether oxygens (including phenoxy) is 1. The Kier molecular flexibility index (Phi) is 6.09. The Morgan fingerprint density at radius 1 is 1.16 bits per heavy atom. The number of benzene rings is 1. The quantitative estimate of drug-likeness (QED) is 0.825. The first-order valence-electron chi connectivity index (χ1n) is 8.19. The second kappa shape index (κ2) is 8.29. The van der Waals surface area contributed by atoms with Crippen LogP contribution in [-0.4, -0.2) is 47.7 Å². The first-order chi connectivity index (χ1) is 12.1. The Morgan fingerprint density at radius 3 is 2.60 bits per heavy atom. The van der Waals surface area contributed by atoms with Crippen LogP contribution in [0.2, 0.25) is 10.0 Å². The van der Waals surface area contributed by atoms with Gasteiger partial charge in [-0.3, -0.25) is 4.90 Å². The van der Waals surface area contributed by atoms with Crippen LogP contribution in [0.1, 0.15) is 11.3 Å². The van der Waals surface area contributed by atoms with Gasteiger partial charge in [0.1, 0.15) is 0 Å². The molecule has 1 aromatic carbocycles. The number of nitrogen functional groups attached to an aromatic ring is 1. The molecule has 2 aromatic rings. The second-order valence-corrected chi connectivity index (χ2v) is 6.75. The van der Waals surface area contributed by atoms with E-state index in [1.807, 2.05) is 6.07 Å². The van der Waals surface area contributed by atoms with Crippen LogP contribution in [0.3, 0.4) is 0 Å². The van der Waals surface area contributed by atoms with Crippen molar-refractivity contribution in [2.45, 2.75) is 13.0 Å². The number of anilines is 1. The van der Waals surface area contributed by atoms with Gasteiger partial charge in [0.05, 0.1) is 29.6 Å². The molecule has 3 rings (SSSR count). The predicted octanol–water partition coefficient (Wildman–Crippen LogP) is 2.37.